The summed E-state index contributed by atoms with van der Waals surface area (Å²) in [5.41, 5.74) is -0.543. The van der Waals surface area contributed by atoms with E-state index in [1.807, 2.05) is 0 Å². The molecule has 0 saturated heterocycles. The fourth-order valence-electron chi connectivity index (χ4n) is 2.76. The molecule has 0 aliphatic heterocycles. The molecule has 1 rings (SSSR count). The number of nitrogens with zero attached hydrogens (tertiary/aromatic N) is 2. The van der Waals surface area contributed by atoms with E-state index in [1.54, 1.807) is 7.05 Å². The van der Waals surface area contributed by atoms with Gasteiger partial charge in [0.15, 0.2) is 0 Å². The maximum absolute atomic E-state index is 12.2. The smallest absolute Gasteiger partial charge is 0.302 e. The summed E-state index contributed by atoms with van der Waals surface area (Å²) in [6, 6.07) is 2.30. The standard InChI is InChI=1S/C12H20F3N3/c1-17-11(8-16)6-3-4-10(11)5-7-18(2)9-12(13,14)15/h10,17H,3-7,9H2,1-2H3. The summed E-state index contributed by atoms with van der Waals surface area (Å²) < 4.78 is 36.6. The summed E-state index contributed by atoms with van der Waals surface area (Å²) in [5.74, 6) is 0.142. The van der Waals surface area contributed by atoms with Crippen LogP contribution in [0, 0.1) is 17.2 Å². The monoisotopic (exact) mass is 263 g/mol. The molecule has 0 spiro atoms. The number of nitriles is 1. The quantitative estimate of drug-likeness (QED) is 0.826. The molecule has 0 amide bonds. The van der Waals surface area contributed by atoms with Gasteiger partial charge in [0.1, 0.15) is 5.54 Å². The van der Waals surface area contributed by atoms with Gasteiger partial charge in [-0.05, 0) is 45.8 Å². The number of hydrogen-bond donors (Lipinski definition) is 1. The van der Waals surface area contributed by atoms with Crippen molar-refractivity contribution in [3.8, 4) is 6.07 Å². The van der Waals surface area contributed by atoms with Crippen LogP contribution in [0.5, 0.6) is 0 Å². The van der Waals surface area contributed by atoms with Crippen molar-refractivity contribution in [2.75, 3.05) is 27.2 Å². The molecule has 1 N–H and O–H groups in total. The molecule has 104 valence electrons. The molecule has 0 bridgehead atoms. The predicted molar refractivity (Wildman–Crippen MR) is 62.9 cm³/mol. The molecule has 1 aliphatic rings. The molecule has 3 nitrogen and oxygen atoms in total. The van der Waals surface area contributed by atoms with E-state index in [0.29, 0.717) is 13.0 Å². The second kappa shape index (κ2) is 5.89. The van der Waals surface area contributed by atoms with Crippen molar-refractivity contribution < 1.29 is 13.2 Å². The Hall–Kier alpha value is -0.800. The summed E-state index contributed by atoms with van der Waals surface area (Å²) in [4.78, 5) is 1.27. The highest BCUT2D eigenvalue weighted by atomic mass is 19.4. The van der Waals surface area contributed by atoms with Crippen LogP contribution in [0.1, 0.15) is 25.7 Å². The molecular weight excluding hydrogens is 243 g/mol. The minimum absolute atomic E-state index is 0.142. The van der Waals surface area contributed by atoms with Gasteiger partial charge < -0.3 is 5.32 Å². The molecule has 0 heterocycles. The van der Waals surface area contributed by atoms with Gasteiger partial charge in [0, 0.05) is 0 Å². The van der Waals surface area contributed by atoms with E-state index in [-0.39, 0.29) is 5.92 Å². The molecule has 1 fully saturated rings. The highest BCUT2D eigenvalue weighted by molar-refractivity contribution is 5.13. The molecule has 0 radical (unpaired) electrons. The Morgan fingerprint density at radius 3 is 2.67 bits per heavy atom. The maximum Gasteiger partial charge on any atom is 0.401 e. The lowest BCUT2D eigenvalue weighted by Crippen LogP contribution is -2.46. The Labute approximate surface area is 106 Å². The average molecular weight is 263 g/mol. The van der Waals surface area contributed by atoms with Crippen molar-refractivity contribution in [2.24, 2.45) is 5.92 Å². The Morgan fingerprint density at radius 1 is 1.50 bits per heavy atom. The Bertz CT molecular complexity index is 311. The van der Waals surface area contributed by atoms with Gasteiger partial charge in [-0.25, -0.2) is 0 Å². The molecule has 0 aromatic rings. The predicted octanol–water partition coefficient (Wildman–Crippen LogP) is 2.15. The van der Waals surface area contributed by atoms with E-state index in [4.69, 9.17) is 0 Å². The third-order valence-corrected chi connectivity index (χ3v) is 3.77. The maximum atomic E-state index is 12.2. The Kier molecular flexibility index (Phi) is 5.00. The Balaban J connectivity index is 2.46. The summed E-state index contributed by atoms with van der Waals surface area (Å²) in [7, 11) is 3.22. The molecule has 0 aromatic heterocycles. The first-order chi connectivity index (χ1) is 8.33. The van der Waals surface area contributed by atoms with Gasteiger partial charge in [-0.3, -0.25) is 4.90 Å². The van der Waals surface area contributed by atoms with Crippen LogP contribution >= 0.6 is 0 Å². The van der Waals surface area contributed by atoms with Gasteiger partial charge in [-0.15, -0.1) is 0 Å². The summed E-state index contributed by atoms with van der Waals surface area (Å²) in [5, 5.41) is 12.3. The number of alkyl halides is 3. The van der Waals surface area contributed by atoms with Crippen molar-refractivity contribution in [1.29, 1.82) is 5.26 Å². The first-order valence-corrected chi connectivity index (χ1v) is 6.18. The van der Waals surface area contributed by atoms with Gasteiger partial charge in [0.05, 0.1) is 12.6 Å². The highest BCUT2D eigenvalue weighted by Gasteiger charge is 2.41. The van der Waals surface area contributed by atoms with Crippen molar-refractivity contribution in [3.05, 3.63) is 0 Å². The zero-order chi connectivity index (χ0) is 13.8. The third-order valence-electron chi connectivity index (χ3n) is 3.77. The van der Waals surface area contributed by atoms with Gasteiger partial charge in [-0.1, -0.05) is 6.42 Å². The van der Waals surface area contributed by atoms with Crippen LogP contribution < -0.4 is 5.32 Å². The third kappa shape index (κ3) is 3.85. The van der Waals surface area contributed by atoms with E-state index in [0.717, 1.165) is 19.3 Å². The van der Waals surface area contributed by atoms with Gasteiger partial charge in [0.25, 0.3) is 0 Å². The molecule has 2 unspecified atom stereocenters. The highest BCUT2D eigenvalue weighted by Crippen LogP contribution is 2.37. The first-order valence-electron chi connectivity index (χ1n) is 6.18. The molecule has 6 heteroatoms. The molecule has 0 aromatic carbocycles. The molecule has 1 aliphatic carbocycles. The summed E-state index contributed by atoms with van der Waals surface area (Å²) in [6.07, 6.45) is -0.870. The van der Waals surface area contributed by atoms with E-state index in [2.05, 4.69) is 11.4 Å². The van der Waals surface area contributed by atoms with Crippen LogP contribution in [0.2, 0.25) is 0 Å². The minimum Gasteiger partial charge on any atom is -0.302 e. The number of halogens is 3. The van der Waals surface area contributed by atoms with Crippen LogP contribution in [0.25, 0.3) is 0 Å². The zero-order valence-corrected chi connectivity index (χ0v) is 10.8. The number of nitrogens with one attached hydrogen (secondary N) is 1. The van der Waals surface area contributed by atoms with E-state index in [9.17, 15) is 18.4 Å². The zero-order valence-electron chi connectivity index (χ0n) is 10.8. The van der Waals surface area contributed by atoms with Gasteiger partial charge >= 0.3 is 6.18 Å². The van der Waals surface area contributed by atoms with Crippen LogP contribution in [-0.2, 0) is 0 Å². The molecular formula is C12H20F3N3. The Morgan fingerprint density at radius 2 is 2.17 bits per heavy atom. The van der Waals surface area contributed by atoms with Crippen LogP contribution in [0.4, 0.5) is 13.2 Å². The molecule has 2 atom stereocenters. The summed E-state index contributed by atoms with van der Waals surface area (Å²) in [6.45, 7) is -0.520. The topological polar surface area (TPSA) is 39.1 Å². The largest absolute Gasteiger partial charge is 0.401 e. The number of hydrogen-bond acceptors (Lipinski definition) is 3. The normalized spacial score (nSPS) is 28.6. The lowest BCUT2D eigenvalue weighted by Gasteiger charge is -2.29. The second-order valence-corrected chi connectivity index (χ2v) is 5.06. The fraction of sp³-hybridized carbons (Fsp3) is 0.917. The SMILES string of the molecule is CNC1(C#N)CCCC1CCN(C)CC(F)(F)F. The minimum atomic E-state index is -4.15. The summed E-state index contributed by atoms with van der Waals surface area (Å²) >= 11 is 0. The lowest BCUT2D eigenvalue weighted by molar-refractivity contribution is -0.143. The van der Waals surface area contributed by atoms with Crippen molar-refractivity contribution in [2.45, 2.75) is 37.4 Å². The molecule has 18 heavy (non-hydrogen) atoms. The first kappa shape index (κ1) is 15.3. The van der Waals surface area contributed by atoms with Crippen LogP contribution in [0.15, 0.2) is 0 Å². The van der Waals surface area contributed by atoms with Gasteiger partial charge in [-0.2, -0.15) is 18.4 Å². The van der Waals surface area contributed by atoms with E-state index < -0.39 is 18.3 Å². The van der Waals surface area contributed by atoms with E-state index in [1.165, 1.54) is 11.9 Å². The number of rotatable bonds is 5. The van der Waals surface area contributed by atoms with E-state index >= 15 is 0 Å². The van der Waals surface area contributed by atoms with Crippen molar-refractivity contribution >= 4 is 0 Å². The molecule has 1 saturated carbocycles. The van der Waals surface area contributed by atoms with Gasteiger partial charge in [0.2, 0.25) is 0 Å². The second-order valence-electron chi connectivity index (χ2n) is 5.06. The van der Waals surface area contributed by atoms with Crippen molar-refractivity contribution in [1.82, 2.24) is 10.2 Å². The lowest BCUT2D eigenvalue weighted by atomic mass is 9.86. The van der Waals surface area contributed by atoms with Crippen LogP contribution in [0.3, 0.4) is 0 Å². The van der Waals surface area contributed by atoms with Crippen molar-refractivity contribution in [3.63, 3.8) is 0 Å². The van der Waals surface area contributed by atoms with Crippen LogP contribution in [-0.4, -0.2) is 43.8 Å². The fourth-order valence-corrected chi connectivity index (χ4v) is 2.76. The average Bonchev–Trinajstić information content (AvgIpc) is 2.67.